The van der Waals surface area contributed by atoms with E-state index in [0.29, 0.717) is 19.5 Å². The van der Waals surface area contributed by atoms with Crippen molar-refractivity contribution in [1.29, 1.82) is 0 Å². The number of carbonyl (C=O) groups is 3. The molecular formula is C14H25NO5. The van der Waals surface area contributed by atoms with Gasteiger partial charge in [0.05, 0.1) is 12.0 Å². The number of hydrogen-bond donors (Lipinski definition) is 2. The summed E-state index contributed by atoms with van der Waals surface area (Å²) in [6.45, 7) is 5.82. The Bertz CT molecular complexity index is 342. The molecule has 0 heterocycles. The Balaban J connectivity index is 4.28. The van der Waals surface area contributed by atoms with Gasteiger partial charge in [0.15, 0.2) is 0 Å². The van der Waals surface area contributed by atoms with E-state index in [2.05, 4.69) is 0 Å². The molecular weight excluding hydrogens is 262 g/mol. The molecule has 20 heavy (non-hydrogen) atoms. The minimum atomic E-state index is -0.878. The van der Waals surface area contributed by atoms with Crippen molar-refractivity contribution >= 4 is 17.7 Å². The Labute approximate surface area is 119 Å². The summed E-state index contributed by atoms with van der Waals surface area (Å²) in [5.41, 5.74) is 0. The van der Waals surface area contributed by atoms with Crippen LogP contribution < -0.4 is 0 Å². The van der Waals surface area contributed by atoms with E-state index in [1.165, 1.54) is 6.92 Å². The first-order chi connectivity index (χ1) is 9.25. The van der Waals surface area contributed by atoms with Crippen LogP contribution >= 0.6 is 0 Å². The summed E-state index contributed by atoms with van der Waals surface area (Å²) >= 11 is 0. The van der Waals surface area contributed by atoms with Crippen LogP contribution in [0.1, 0.15) is 46.5 Å². The molecule has 0 radical (unpaired) electrons. The number of ketones is 1. The molecule has 0 fully saturated rings. The van der Waals surface area contributed by atoms with E-state index >= 15 is 0 Å². The summed E-state index contributed by atoms with van der Waals surface area (Å²) in [6.07, 6.45) is 2.27. The molecule has 2 atom stereocenters. The van der Waals surface area contributed by atoms with Gasteiger partial charge in [-0.25, -0.2) is 0 Å². The molecule has 0 aliphatic rings. The first-order valence-electron chi connectivity index (χ1n) is 6.94. The van der Waals surface area contributed by atoms with Crippen LogP contribution in [0.3, 0.4) is 0 Å². The third-order valence-electron chi connectivity index (χ3n) is 3.40. The minimum absolute atomic E-state index is 0.00752. The molecule has 6 heteroatoms. The average molecular weight is 287 g/mol. The quantitative estimate of drug-likeness (QED) is 0.561. The van der Waals surface area contributed by atoms with Crippen LogP contribution in [0.4, 0.5) is 0 Å². The Hall–Kier alpha value is -1.43. The van der Waals surface area contributed by atoms with Crippen molar-refractivity contribution in [3.8, 4) is 0 Å². The molecule has 0 saturated heterocycles. The standard InChI is InChI=1S/C14H25NO5/c1-10(14(19)20)9-15(11(2)12(3)16)8-6-4-5-7-13(17)18/h10-11H,4-9H2,1-3H3,(H,17,18)(H,19,20). The number of carboxylic acids is 2. The van der Waals surface area contributed by atoms with Crippen molar-refractivity contribution in [2.24, 2.45) is 5.92 Å². The molecule has 0 aromatic rings. The van der Waals surface area contributed by atoms with Crippen molar-refractivity contribution in [1.82, 2.24) is 4.90 Å². The van der Waals surface area contributed by atoms with Crippen LogP contribution in [0.5, 0.6) is 0 Å². The maximum Gasteiger partial charge on any atom is 0.307 e. The van der Waals surface area contributed by atoms with Gasteiger partial charge in [-0.2, -0.15) is 0 Å². The van der Waals surface area contributed by atoms with Gasteiger partial charge >= 0.3 is 11.9 Å². The van der Waals surface area contributed by atoms with Crippen LogP contribution in [0.25, 0.3) is 0 Å². The topological polar surface area (TPSA) is 94.9 Å². The van der Waals surface area contributed by atoms with Gasteiger partial charge in [-0.05, 0) is 33.2 Å². The van der Waals surface area contributed by atoms with E-state index in [-0.39, 0.29) is 18.2 Å². The lowest BCUT2D eigenvalue weighted by Crippen LogP contribution is -2.42. The second-order valence-corrected chi connectivity index (χ2v) is 5.23. The summed E-state index contributed by atoms with van der Waals surface area (Å²) < 4.78 is 0. The molecule has 0 aliphatic carbocycles. The number of carboxylic acid groups (broad SMARTS) is 2. The Morgan fingerprint density at radius 3 is 2.10 bits per heavy atom. The van der Waals surface area contributed by atoms with Gasteiger partial charge in [-0.1, -0.05) is 13.3 Å². The summed E-state index contributed by atoms with van der Waals surface area (Å²) in [5, 5.41) is 17.5. The Morgan fingerprint density at radius 2 is 1.65 bits per heavy atom. The number of rotatable bonds is 11. The third kappa shape index (κ3) is 7.89. The monoisotopic (exact) mass is 287 g/mol. The normalized spacial score (nSPS) is 14.0. The first kappa shape index (κ1) is 18.6. The van der Waals surface area contributed by atoms with E-state index in [9.17, 15) is 14.4 Å². The van der Waals surface area contributed by atoms with Gasteiger partial charge < -0.3 is 10.2 Å². The number of aliphatic carboxylic acids is 2. The molecule has 0 aliphatic heterocycles. The zero-order valence-electron chi connectivity index (χ0n) is 12.5. The lowest BCUT2D eigenvalue weighted by molar-refractivity contribution is -0.142. The highest BCUT2D eigenvalue weighted by Crippen LogP contribution is 2.10. The summed E-state index contributed by atoms with van der Waals surface area (Å²) in [5.74, 6) is -2.21. The van der Waals surface area contributed by atoms with Crippen LogP contribution in [0.15, 0.2) is 0 Å². The fourth-order valence-electron chi connectivity index (χ4n) is 1.90. The zero-order valence-corrected chi connectivity index (χ0v) is 12.5. The van der Waals surface area contributed by atoms with Crippen molar-refractivity contribution in [2.45, 2.75) is 52.5 Å². The molecule has 0 amide bonds. The second kappa shape index (κ2) is 9.47. The fraction of sp³-hybridized carbons (Fsp3) is 0.786. The summed E-state index contributed by atoms with van der Waals surface area (Å²) in [6, 6.07) is -0.309. The molecule has 0 saturated carbocycles. The Kier molecular flexibility index (Phi) is 8.79. The highest BCUT2D eigenvalue weighted by atomic mass is 16.4. The fourth-order valence-corrected chi connectivity index (χ4v) is 1.90. The van der Waals surface area contributed by atoms with E-state index in [0.717, 1.165) is 12.8 Å². The summed E-state index contributed by atoms with van der Waals surface area (Å²) in [7, 11) is 0. The van der Waals surface area contributed by atoms with Gasteiger partial charge in [0.2, 0.25) is 0 Å². The number of nitrogens with zero attached hydrogens (tertiary/aromatic N) is 1. The maximum atomic E-state index is 11.4. The van der Waals surface area contributed by atoms with Gasteiger partial charge in [0, 0.05) is 13.0 Å². The van der Waals surface area contributed by atoms with E-state index in [1.807, 2.05) is 4.90 Å². The average Bonchev–Trinajstić information content (AvgIpc) is 2.35. The van der Waals surface area contributed by atoms with E-state index < -0.39 is 17.9 Å². The molecule has 0 aromatic carbocycles. The molecule has 2 unspecified atom stereocenters. The smallest absolute Gasteiger partial charge is 0.307 e. The zero-order chi connectivity index (χ0) is 15.7. The molecule has 2 N–H and O–H groups in total. The van der Waals surface area contributed by atoms with Gasteiger partial charge in [-0.15, -0.1) is 0 Å². The number of hydrogen-bond acceptors (Lipinski definition) is 4. The van der Waals surface area contributed by atoms with E-state index in [1.54, 1.807) is 13.8 Å². The molecule has 0 rings (SSSR count). The van der Waals surface area contributed by atoms with Gasteiger partial charge in [-0.3, -0.25) is 19.3 Å². The van der Waals surface area contributed by atoms with E-state index in [4.69, 9.17) is 10.2 Å². The van der Waals surface area contributed by atoms with Crippen molar-refractivity contribution in [3.63, 3.8) is 0 Å². The third-order valence-corrected chi connectivity index (χ3v) is 3.40. The largest absolute Gasteiger partial charge is 0.481 e. The van der Waals surface area contributed by atoms with Gasteiger partial charge in [0.25, 0.3) is 0 Å². The van der Waals surface area contributed by atoms with Crippen LogP contribution in [0.2, 0.25) is 0 Å². The van der Waals surface area contributed by atoms with Crippen molar-refractivity contribution in [2.75, 3.05) is 13.1 Å². The number of Topliss-reactive ketones (excluding diaryl/α,β-unsaturated/α-hetero) is 1. The Morgan fingerprint density at radius 1 is 1.05 bits per heavy atom. The summed E-state index contributed by atoms with van der Waals surface area (Å²) in [4.78, 5) is 34.6. The number of carbonyl (C=O) groups excluding carboxylic acids is 1. The molecule has 0 aromatic heterocycles. The molecule has 6 nitrogen and oxygen atoms in total. The molecule has 0 spiro atoms. The second-order valence-electron chi connectivity index (χ2n) is 5.23. The minimum Gasteiger partial charge on any atom is -0.481 e. The first-order valence-corrected chi connectivity index (χ1v) is 6.94. The van der Waals surface area contributed by atoms with Crippen molar-refractivity contribution in [3.05, 3.63) is 0 Å². The van der Waals surface area contributed by atoms with Gasteiger partial charge in [0.1, 0.15) is 5.78 Å². The predicted octanol–water partition coefficient (Wildman–Crippen LogP) is 1.63. The maximum absolute atomic E-state index is 11.4. The predicted molar refractivity (Wildman–Crippen MR) is 74.6 cm³/mol. The highest BCUT2D eigenvalue weighted by Gasteiger charge is 2.22. The lowest BCUT2D eigenvalue weighted by Gasteiger charge is -2.28. The van der Waals surface area contributed by atoms with Crippen LogP contribution in [-0.4, -0.2) is 52.0 Å². The van der Waals surface area contributed by atoms with Crippen LogP contribution in [0, 0.1) is 5.92 Å². The SMILES string of the molecule is CC(=O)C(C)N(CCCCCC(=O)O)CC(C)C(=O)O. The lowest BCUT2D eigenvalue weighted by atomic mass is 10.1. The highest BCUT2D eigenvalue weighted by molar-refractivity contribution is 5.81. The van der Waals surface area contributed by atoms with Crippen molar-refractivity contribution < 1.29 is 24.6 Å². The number of unbranched alkanes of at least 4 members (excludes halogenated alkanes) is 2. The molecule has 0 bridgehead atoms. The van der Waals surface area contributed by atoms with Crippen LogP contribution in [-0.2, 0) is 14.4 Å². The molecule has 116 valence electrons.